The summed E-state index contributed by atoms with van der Waals surface area (Å²) in [6.45, 7) is 7.51. The van der Waals surface area contributed by atoms with E-state index in [-0.39, 0.29) is 24.3 Å². The Hall–Kier alpha value is -1.85. The molecule has 2 fully saturated rings. The summed E-state index contributed by atoms with van der Waals surface area (Å²) in [5.41, 5.74) is -0.423. The van der Waals surface area contributed by atoms with Crippen molar-refractivity contribution in [2.24, 2.45) is 5.41 Å². The summed E-state index contributed by atoms with van der Waals surface area (Å²) < 4.78 is 0. The molecule has 0 bridgehead atoms. The van der Waals surface area contributed by atoms with Crippen LogP contribution in [0.4, 0.5) is 0 Å². The fourth-order valence-electron chi connectivity index (χ4n) is 3.26. The summed E-state index contributed by atoms with van der Waals surface area (Å²) in [7, 11) is 0. The van der Waals surface area contributed by atoms with Crippen LogP contribution in [0.3, 0.4) is 0 Å². The number of piperidine rings is 1. The van der Waals surface area contributed by atoms with E-state index in [9.17, 15) is 14.4 Å². The van der Waals surface area contributed by atoms with Gasteiger partial charge < -0.3 is 15.1 Å². The fourth-order valence-corrected chi connectivity index (χ4v) is 3.26. The maximum absolute atomic E-state index is 12.6. The normalized spacial score (nSPS) is 25.3. The van der Waals surface area contributed by atoms with Crippen molar-refractivity contribution in [2.75, 3.05) is 32.7 Å². The Morgan fingerprint density at radius 1 is 1.38 bits per heavy atom. The quantitative estimate of drug-likeness (QED) is 0.750. The van der Waals surface area contributed by atoms with Gasteiger partial charge in [-0.3, -0.25) is 14.4 Å². The van der Waals surface area contributed by atoms with E-state index in [0.29, 0.717) is 19.6 Å². The number of carbonyl (C=O) groups excluding carboxylic acids is 3. The Balaban J connectivity index is 2.00. The van der Waals surface area contributed by atoms with Crippen LogP contribution in [0.5, 0.6) is 0 Å². The highest BCUT2D eigenvalue weighted by atomic mass is 16.2. The van der Waals surface area contributed by atoms with E-state index in [1.54, 1.807) is 11.0 Å². The first-order valence-corrected chi connectivity index (χ1v) is 7.41. The number of nitrogens with zero attached hydrogens (tertiary/aromatic N) is 2. The fraction of sp³-hybridized carbons (Fsp3) is 0.667. The Kier molecular flexibility index (Phi) is 4.65. The molecule has 2 heterocycles. The van der Waals surface area contributed by atoms with E-state index < -0.39 is 5.41 Å². The van der Waals surface area contributed by atoms with Crippen molar-refractivity contribution in [3.8, 4) is 0 Å². The highest BCUT2D eigenvalue weighted by Gasteiger charge is 2.49. The molecule has 0 aromatic rings. The number of hydrogen-bond donors (Lipinski definition) is 1. The smallest absolute Gasteiger partial charge is 0.241 e. The molecular formula is C15H23N3O3. The Labute approximate surface area is 125 Å². The van der Waals surface area contributed by atoms with Crippen LogP contribution in [0, 0.1) is 5.41 Å². The van der Waals surface area contributed by atoms with Gasteiger partial charge in [0.2, 0.25) is 17.7 Å². The molecule has 2 aliphatic heterocycles. The van der Waals surface area contributed by atoms with Gasteiger partial charge in [-0.05, 0) is 19.3 Å². The average Bonchev–Trinajstić information content (AvgIpc) is 2.75. The van der Waals surface area contributed by atoms with Crippen molar-refractivity contribution in [3.05, 3.63) is 12.7 Å². The maximum Gasteiger partial charge on any atom is 0.241 e. The molecule has 2 rings (SSSR count). The molecule has 1 spiro atoms. The van der Waals surface area contributed by atoms with E-state index >= 15 is 0 Å². The molecule has 0 radical (unpaired) electrons. The lowest BCUT2D eigenvalue weighted by Crippen LogP contribution is -2.51. The summed E-state index contributed by atoms with van der Waals surface area (Å²) in [5.74, 6) is -0.192. The topological polar surface area (TPSA) is 69.7 Å². The van der Waals surface area contributed by atoms with E-state index in [0.717, 1.165) is 25.8 Å². The largest absolute Gasteiger partial charge is 0.347 e. The lowest BCUT2D eigenvalue weighted by Gasteiger charge is -2.39. The number of amides is 3. The molecule has 116 valence electrons. The summed E-state index contributed by atoms with van der Waals surface area (Å²) in [4.78, 5) is 39.1. The molecule has 21 heavy (non-hydrogen) atoms. The van der Waals surface area contributed by atoms with Crippen LogP contribution in [0.2, 0.25) is 0 Å². The van der Waals surface area contributed by atoms with Crippen molar-refractivity contribution < 1.29 is 14.4 Å². The van der Waals surface area contributed by atoms with Crippen molar-refractivity contribution in [1.29, 1.82) is 0 Å². The molecule has 3 amide bonds. The molecule has 6 nitrogen and oxygen atoms in total. The van der Waals surface area contributed by atoms with E-state index in [1.807, 2.05) is 4.90 Å². The van der Waals surface area contributed by atoms with Gasteiger partial charge in [-0.2, -0.15) is 0 Å². The first-order chi connectivity index (χ1) is 9.98. The number of carbonyl (C=O) groups is 3. The van der Waals surface area contributed by atoms with Gasteiger partial charge in [0, 0.05) is 33.1 Å². The molecule has 1 atom stereocenters. The molecule has 1 unspecified atom stereocenters. The van der Waals surface area contributed by atoms with Gasteiger partial charge in [0.15, 0.2) is 0 Å². The monoisotopic (exact) mass is 293 g/mol. The minimum atomic E-state index is -0.423. The van der Waals surface area contributed by atoms with Crippen LogP contribution >= 0.6 is 0 Å². The number of hydrogen-bond acceptors (Lipinski definition) is 3. The Morgan fingerprint density at radius 3 is 2.81 bits per heavy atom. The Morgan fingerprint density at radius 2 is 2.14 bits per heavy atom. The van der Waals surface area contributed by atoms with E-state index in [1.165, 1.54) is 6.92 Å². The first kappa shape index (κ1) is 15.5. The SMILES string of the molecule is C=CCN1CCC2(CCCN(C(=O)CNC(C)=O)C2)C1=O. The molecular weight excluding hydrogens is 270 g/mol. The molecule has 0 saturated carbocycles. The third-order valence-corrected chi connectivity index (χ3v) is 4.37. The first-order valence-electron chi connectivity index (χ1n) is 7.41. The van der Waals surface area contributed by atoms with E-state index in [2.05, 4.69) is 11.9 Å². The molecule has 0 aliphatic carbocycles. The average molecular weight is 293 g/mol. The lowest BCUT2D eigenvalue weighted by atomic mass is 9.78. The second-order valence-electron chi connectivity index (χ2n) is 5.90. The summed E-state index contributed by atoms with van der Waals surface area (Å²) in [6, 6.07) is 0. The zero-order valence-electron chi connectivity index (χ0n) is 12.6. The van der Waals surface area contributed by atoms with Crippen LogP contribution in [-0.4, -0.2) is 60.2 Å². The van der Waals surface area contributed by atoms with Crippen LogP contribution in [0.15, 0.2) is 12.7 Å². The highest BCUT2D eigenvalue weighted by Crippen LogP contribution is 2.40. The summed E-state index contributed by atoms with van der Waals surface area (Å²) >= 11 is 0. The molecule has 6 heteroatoms. The van der Waals surface area contributed by atoms with Crippen LogP contribution in [0.1, 0.15) is 26.2 Å². The zero-order valence-corrected chi connectivity index (χ0v) is 12.6. The molecule has 2 saturated heterocycles. The third kappa shape index (κ3) is 3.25. The molecule has 0 aromatic carbocycles. The summed E-state index contributed by atoms with van der Waals surface area (Å²) in [6.07, 6.45) is 4.20. The minimum absolute atomic E-state index is 0.00990. The van der Waals surface area contributed by atoms with Crippen LogP contribution < -0.4 is 5.32 Å². The molecule has 2 aliphatic rings. The van der Waals surface area contributed by atoms with Crippen molar-refractivity contribution >= 4 is 17.7 Å². The lowest BCUT2D eigenvalue weighted by molar-refractivity contribution is -0.143. The number of nitrogens with one attached hydrogen (secondary N) is 1. The standard InChI is InChI=1S/C15H23N3O3/c1-3-7-17-9-6-15(14(17)21)5-4-8-18(11-15)13(20)10-16-12(2)19/h3H,1,4-11H2,2H3,(H,16,19). The second-order valence-corrected chi connectivity index (χ2v) is 5.90. The third-order valence-electron chi connectivity index (χ3n) is 4.37. The number of rotatable bonds is 4. The highest BCUT2D eigenvalue weighted by molar-refractivity contribution is 5.88. The minimum Gasteiger partial charge on any atom is -0.347 e. The zero-order chi connectivity index (χ0) is 15.5. The second kappa shape index (κ2) is 6.28. The van der Waals surface area contributed by atoms with E-state index in [4.69, 9.17) is 0 Å². The van der Waals surface area contributed by atoms with Crippen molar-refractivity contribution in [1.82, 2.24) is 15.1 Å². The van der Waals surface area contributed by atoms with Gasteiger partial charge in [-0.15, -0.1) is 6.58 Å². The molecule has 0 aromatic heterocycles. The van der Waals surface area contributed by atoms with Gasteiger partial charge in [0.1, 0.15) is 0 Å². The van der Waals surface area contributed by atoms with Gasteiger partial charge in [-0.1, -0.05) is 6.08 Å². The molecule has 1 N–H and O–H groups in total. The van der Waals surface area contributed by atoms with Crippen molar-refractivity contribution in [3.63, 3.8) is 0 Å². The van der Waals surface area contributed by atoms with Crippen molar-refractivity contribution in [2.45, 2.75) is 26.2 Å². The summed E-state index contributed by atoms with van der Waals surface area (Å²) in [5, 5.41) is 2.52. The van der Waals surface area contributed by atoms with Gasteiger partial charge in [0.05, 0.1) is 12.0 Å². The van der Waals surface area contributed by atoms with Gasteiger partial charge in [-0.25, -0.2) is 0 Å². The Bertz CT molecular complexity index is 463. The number of likely N-dealkylation sites (tertiary alicyclic amines) is 2. The van der Waals surface area contributed by atoms with Gasteiger partial charge >= 0.3 is 0 Å². The van der Waals surface area contributed by atoms with Crippen LogP contribution in [0.25, 0.3) is 0 Å². The maximum atomic E-state index is 12.6. The predicted octanol–water partition coefficient (Wildman–Crippen LogP) is 0.150. The van der Waals surface area contributed by atoms with Crippen LogP contribution in [-0.2, 0) is 14.4 Å². The predicted molar refractivity (Wildman–Crippen MR) is 78.3 cm³/mol. The van der Waals surface area contributed by atoms with Gasteiger partial charge in [0.25, 0.3) is 0 Å².